The van der Waals surface area contributed by atoms with E-state index in [9.17, 15) is 4.79 Å². The third-order valence-electron chi connectivity index (χ3n) is 2.89. The number of hydrogen-bond acceptors (Lipinski definition) is 3. The lowest BCUT2D eigenvalue weighted by Gasteiger charge is -2.16. The molecule has 0 heterocycles. The second-order valence-electron chi connectivity index (χ2n) is 4.65. The average Bonchev–Trinajstić information content (AvgIpc) is 2.30. The van der Waals surface area contributed by atoms with Crippen molar-refractivity contribution in [2.24, 2.45) is 5.73 Å². The van der Waals surface area contributed by atoms with E-state index in [4.69, 9.17) is 5.73 Å². The molecule has 0 aliphatic rings. The van der Waals surface area contributed by atoms with Crippen LogP contribution in [0.25, 0.3) is 0 Å². The number of anilines is 1. The monoisotopic (exact) mass is 266 g/mol. The average molecular weight is 266 g/mol. The molecule has 0 aromatic heterocycles. The Labute approximate surface area is 114 Å². The summed E-state index contributed by atoms with van der Waals surface area (Å²) in [5.74, 6) is 0.805. The number of thioether (sulfide) groups is 1. The highest BCUT2D eigenvalue weighted by Gasteiger charge is 2.15. The Morgan fingerprint density at radius 1 is 1.33 bits per heavy atom. The predicted molar refractivity (Wildman–Crippen MR) is 80.3 cm³/mol. The molecule has 0 aliphatic heterocycles. The van der Waals surface area contributed by atoms with E-state index in [0.717, 1.165) is 22.6 Å². The van der Waals surface area contributed by atoms with Crippen molar-refractivity contribution in [2.45, 2.75) is 33.2 Å². The molecule has 0 aliphatic carbocycles. The number of nitrogens with one attached hydrogen (secondary N) is 1. The maximum Gasteiger partial charge on any atom is 0.241 e. The third-order valence-corrected chi connectivity index (χ3v) is 3.54. The minimum Gasteiger partial charge on any atom is -0.324 e. The first-order valence-electron chi connectivity index (χ1n) is 6.09. The van der Waals surface area contributed by atoms with Crippen LogP contribution < -0.4 is 11.1 Å². The van der Waals surface area contributed by atoms with Crippen molar-refractivity contribution in [1.82, 2.24) is 0 Å². The summed E-state index contributed by atoms with van der Waals surface area (Å²) >= 11 is 1.70. The normalized spacial score (nSPS) is 12.3. The number of amides is 1. The SMILES string of the molecule is CSCC[C@H](N)C(=O)Nc1c(C)cc(C)cc1C. The molecule has 1 aromatic carbocycles. The van der Waals surface area contributed by atoms with Gasteiger partial charge in [0.15, 0.2) is 0 Å². The van der Waals surface area contributed by atoms with Gasteiger partial charge in [0.25, 0.3) is 0 Å². The first-order chi connectivity index (χ1) is 8.45. The van der Waals surface area contributed by atoms with Crippen molar-refractivity contribution in [3.63, 3.8) is 0 Å². The van der Waals surface area contributed by atoms with E-state index in [2.05, 4.69) is 24.4 Å². The molecule has 3 N–H and O–H groups in total. The lowest BCUT2D eigenvalue weighted by Crippen LogP contribution is -2.36. The fourth-order valence-corrected chi connectivity index (χ4v) is 2.46. The van der Waals surface area contributed by atoms with Gasteiger partial charge in [-0.25, -0.2) is 0 Å². The van der Waals surface area contributed by atoms with Gasteiger partial charge in [-0.05, 0) is 50.3 Å². The number of hydrogen-bond donors (Lipinski definition) is 2. The molecule has 1 aromatic rings. The molecule has 1 amide bonds. The van der Waals surface area contributed by atoms with Gasteiger partial charge in [0, 0.05) is 5.69 Å². The molecule has 0 unspecified atom stereocenters. The number of rotatable bonds is 5. The summed E-state index contributed by atoms with van der Waals surface area (Å²) in [6.45, 7) is 6.06. The summed E-state index contributed by atoms with van der Waals surface area (Å²) < 4.78 is 0. The molecular formula is C14H22N2OS. The van der Waals surface area contributed by atoms with Gasteiger partial charge in [-0.15, -0.1) is 0 Å². The first-order valence-corrected chi connectivity index (χ1v) is 7.48. The van der Waals surface area contributed by atoms with Crippen molar-refractivity contribution in [2.75, 3.05) is 17.3 Å². The van der Waals surface area contributed by atoms with Crippen LogP contribution in [0, 0.1) is 20.8 Å². The highest BCUT2D eigenvalue weighted by Crippen LogP contribution is 2.22. The Hall–Kier alpha value is -1.00. The Morgan fingerprint density at radius 2 is 1.89 bits per heavy atom. The minimum atomic E-state index is -0.433. The molecule has 4 heteroatoms. The van der Waals surface area contributed by atoms with E-state index in [1.54, 1.807) is 11.8 Å². The van der Waals surface area contributed by atoms with E-state index >= 15 is 0 Å². The van der Waals surface area contributed by atoms with Crippen LogP contribution in [0.5, 0.6) is 0 Å². The highest BCUT2D eigenvalue weighted by molar-refractivity contribution is 7.98. The Balaban J connectivity index is 2.76. The van der Waals surface area contributed by atoms with E-state index in [0.29, 0.717) is 6.42 Å². The van der Waals surface area contributed by atoms with Gasteiger partial charge < -0.3 is 11.1 Å². The molecule has 1 atom stereocenters. The van der Waals surface area contributed by atoms with E-state index in [1.807, 2.05) is 20.1 Å². The summed E-state index contributed by atoms with van der Waals surface area (Å²) in [4.78, 5) is 12.0. The van der Waals surface area contributed by atoms with Crippen LogP contribution in [0.4, 0.5) is 5.69 Å². The lowest BCUT2D eigenvalue weighted by molar-refractivity contribution is -0.117. The Morgan fingerprint density at radius 3 is 2.39 bits per heavy atom. The van der Waals surface area contributed by atoms with Crippen LogP contribution in [-0.4, -0.2) is 24.0 Å². The molecule has 3 nitrogen and oxygen atoms in total. The van der Waals surface area contributed by atoms with Crippen LogP contribution in [-0.2, 0) is 4.79 Å². The van der Waals surface area contributed by atoms with E-state index in [1.165, 1.54) is 5.56 Å². The molecule has 0 spiro atoms. The topological polar surface area (TPSA) is 55.1 Å². The summed E-state index contributed by atoms with van der Waals surface area (Å²) in [7, 11) is 0. The molecule has 0 fully saturated rings. The van der Waals surface area contributed by atoms with Gasteiger partial charge in [0.2, 0.25) is 5.91 Å². The fourth-order valence-electron chi connectivity index (χ4n) is 1.97. The second-order valence-corrected chi connectivity index (χ2v) is 5.64. The zero-order chi connectivity index (χ0) is 13.7. The largest absolute Gasteiger partial charge is 0.324 e. The van der Waals surface area contributed by atoms with Crippen molar-refractivity contribution >= 4 is 23.4 Å². The number of nitrogens with two attached hydrogens (primary N) is 1. The van der Waals surface area contributed by atoms with Gasteiger partial charge >= 0.3 is 0 Å². The highest BCUT2D eigenvalue weighted by atomic mass is 32.2. The molecule has 0 bridgehead atoms. The maximum absolute atomic E-state index is 12.0. The third kappa shape index (κ3) is 4.03. The molecule has 1 rings (SSSR count). The maximum atomic E-state index is 12.0. The quantitative estimate of drug-likeness (QED) is 0.861. The van der Waals surface area contributed by atoms with Crippen LogP contribution in [0.2, 0.25) is 0 Å². The summed E-state index contributed by atoms with van der Waals surface area (Å²) in [6.07, 6.45) is 2.72. The number of benzene rings is 1. The number of aryl methyl sites for hydroxylation is 3. The Bertz CT molecular complexity index is 409. The molecule has 0 saturated heterocycles. The summed E-state index contributed by atoms with van der Waals surface area (Å²) in [5, 5.41) is 2.94. The molecule has 100 valence electrons. The van der Waals surface area contributed by atoms with Crippen LogP contribution in [0.1, 0.15) is 23.1 Å². The molecule has 0 radical (unpaired) electrons. The smallest absolute Gasteiger partial charge is 0.241 e. The predicted octanol–water partition coefficient (Wildman–Crippen LogP) is 2.63. The summed E-state index contributed by atoms with van der Waals surface area (Å²) in [6, 6.07) is 3.70. The zero-order valence-electron chi connectivity index (χ0n) is 11.5. The van der Waals surface area contributed by atoms with E-state index in [-0.39, 0.29) is 5.91 Å². The second kappa shape index (κ2) is 6.81. The molecular weight excluding hydrogens is 244 g/mol. The summed E-state index contributed by atoms with van der Waals surface area (Å²) in [5.41, 5.74) is 10.1. The van der Waals surface area contributed by atoms with Crippen LogP contribution >= 0.6 is 11.8 Å². The van der Waals surface area contributed by atoms with Gasteiger partial charge in [0.05, 0.1) is 6.04 Å². The van der Waals surface area contributed by atoms with Crippen molar-refractivity contribution in [1.29, 1.82) is 0 Å². The molecule has 18 heavy (non-hydrogen) atoms. The van der Waals surface area contributed by atoms with Crippen molar-refractivity contribution < 1.29 is 4.79 Å². The fraction of sp³-hybridized carbons (Fsp3) is 0.500. The van der Waals surface area contributed by atoms with Crippen LogP contribution in [0.15, 0.2) is 12.1 Å². The standard InChI is InChI=1S/C14H22N2OS/c1-9-7-10(2)13(11(3)8-9)16-14(17)12(15)5-6-18-4/h7-8,12H,5-6,15H2,1-4H3,(H,16,17)/t12-/m0/s1. The van der Waals surface area contributed by atoms with Gasteiger partial charge in [-0.1, -0.05) is 17.7 Å². The van der Waals surface area contributed by atoms with Crippen LogP contribution in [0.3, 0.4) is 0 Å². The first kappa shape index (κ1) is 15.1. The van der Waals surface area contributed by atoms with Gasteiger partial charge in [0.1, 0.15) is 0 Å². The molecule has 0 saturated carbocycles. The minimum absolute atomic E-state index is 0.0981. The number of carbonyl (C=O) groups excluding carboxylic acids is 1. The number of carbonyl (C=O) groups is 1. The van der Waals surface area contributed by atoms with Crippen molar-refractivity contribution in [3.05, 3.63) is 28.8 Å². The van der Waals surface area contributed by atoms with Gasteiger partial charge in [-0.2, -0.15) is 11.8 Å². The lowest BCUT2D eigenvalue weighted by atomic mass is 10.0. The van der Waals surface area contributed by atoms with Crippen molar-refractivity contribution in [3.8, 4) is 0 Å². The zero-order valence-corrected chi connectivity index (χ0v) is 12.4. The van der Waals surface area contributed by atoms with E-state index < -0.39 is 6.04 Å². The van der Waals surface area contributed by atoms with Gasteiger partial charge in [-0.3, -0.25) is 4.79 Å². The Kier molecular flexibility index (Phi) is 5.69.